The molecule has 0 spiro atoms. The minimum Gasteiger partial charge on any atom is -0.377 e. The Morgan fingerprint density at radius 2 is 2.28 bits per heavy atom. The van der Waals surface area contributed by atoms with Crippen LogP contribution in [0, 0.1) is 5.92 Å². The van der Waals surface area contributed by atoms with E-state index in [2.05, 4.69) is 24.1 Å². The van der Waals surface area contributed by atoms with E-state index in [0.29, 0.717) is 12.1 Å². The fraction of sp³-hybridized carbons (Fsp3) is 1.00. The fourth-order valence-electron chi connectivity index (χ4n) is 3.29. The van der Waals surface area contributed by atoms with Crippen molar-refractivity contribution in [1.29, 1.82) is 0 Å². The first-order valence-electron chi connectivity index (χ1n) is 7.86. The van der Waals surface area contributed by atoms with Crippen LogP contribution >= 0.6 is 0 Å². The summed E-state index contributed by atoms with van der Waals surface area (Å²) in [5.41, 5.74) is 0. The van der Waals surface area contributed by atoms with Crippen LogP contribution in [-0.4, -0.2) is 49.8 Å². The highest BCUT2D eigenvalue weighted by Gasteiger charge is 2.25. The molecule has 106 valence electrons. The van der Waals surface area contributed by atoms with Gasteiger partial charge >= 0.3 is 0 Å². The summed E-state index contributed by atoms with van der Waals surface area (Å²) in [6.45, 7) is 10.4. The molecule has 2 fully saturated rings. The van der Waals surface area contributed by atoms with Crippen LogP contribution in [0.1, 0.15) is 46.0 Å². The van der Waals surface area contributed by atoms with Gasteiger partial charge in [0.15, 0.2) is 0 Å². The standard InChI is InChI=1S/C15H30N2O/c1-3-5-14-7-8-17(12-14)13(2)10-16-11-15-6-4-9-18-15/h13-16H,3-12H2,1-2H3. The number of hydrogen-bond acceptors (Lipinski definition) is 3. The first-order valence-corrected chi connectivity index (χ1v) is 7.86. The maximum atomic E-state index is 5.63. The summed E-state index contributed by atoms with van der Waals surface area (Å²) < 4.78 is 5.63. The lowest BCUT2D eigenvalue weighted by Gasteiger charge is -2.25. The normalized spacial score (nSPS) is 31.0. The van der Waals surface area contributed by atoms with Gasteiger partial charge in [-0.2, -0.15) is 0 Å². The van der Waals surface area contributed by atoms with Gasteiger partial charge in [-0.05, 0) is 45.1 Å². The number of nitrogens with zero attached hydrogens (tertiary/aromatic N) is 1. The molecule has 0 aliphatic carbocycles. The Morgan fingerprint density at radius 3 is 3.00 bits per heavy atom. The summed E-state index contributed by atoms with van der Waals surface area (Å²) in [6, 6.07) is 0.674. The molecular formula is C15H30N2O. The summed E-state index contributed by atoms with van der Waals surface area (Å²) in [5, 5.41) is 3.58. The van der Waals surface area contributed by atoms with Gasteiger partial charge in [0.25, 0.3) is 0 Å². The van der Waals surface area contributed by atoms with Crippen molar-refractivity contribution in [1.82, 2.24) is 10.2 Å². The topological polar surface area (TPSA) is 24.5 Å². The predicted molar refractivity (Wildman–Crippen MR) is 75.9 cm³/mol. The van der Waals surface area contributed by atoms with Crippen LogP contribution in [0.4, 0.5) is 0 Å². The monoisotopic (exact) mass is 254 g/mol. The third-order valence-corrected chi connectivity index (χ3v) is 4.47. The van der Waals surface area contributed by atoms with Crippen LogP contribution in [0.3, 0.4) is 0 Å². The summed E-state index contributed by atoms with van der Waals surface area (Å²) in [5.74, 6) is 0.954. The van der Waals surface area contributed by atoms with Crippen molar-refractivity contribution in [2.24, 2.45) is 5.92 Å². The van der Waals surface area contributed by atoms with Crippen molar-refractivity contribution in [3.05, 3.63) is 0 Å². The lowest BCUT2D eigenvalue weighted by molar-refractivity contribution is 0.108. The lowest BCUT2D eigenvalue weighted by atomic mass is 10.0. The highest BCUT2D eigenvalue weighted by Crippen LogP contribution is 2.22. The van der Waals surface area contributed by atoms with Crippen LogP contribution < -0.4 is 5.32 Å². The molecule has 18 heavy (non-hydrogen) atoms. The van der Waals surface area contributed by atoms with Crippen molar-refractivity contribution in [3.63, 3.8) is 0 Å². The van der Waals surface area contributed by atoms with Crippen molar-refractivity contribution < 1.29 is 4.74 Å². The van der Waals surface area contributed by atoms with Gasteiger partial charge in [-0.1, -0.05) is 13.3 Å². The molecule has 0 amide bonds. The van der Waals surface area contributed by atoms with Gasteiger partial charge in [0.2, 0.25) is 0 Å². The van der Waals surface area contributed by atoms with E-state index in [4.69, 9.17) is 4.74 Å². The summed E-state index contributed by atoms with van der Waals surface area (Å²) in [7, 11) is 0. The number of ether oxygens (including phenoxy) is 1. The van der Waals surface area contributed by atoms with Crippen molar-refractivity contribution >= 4 is 0 Å². The Bertz CT molecular complexity index is 229. The number of nitrogens with one attached hydrogen (secondary N) is 1. The van der Waals surface area contributed by atoms with E-state index in [1.54, 1.807) is 0 Å². The van der Waals surface area contributed by atoms with E-state index < -0.39 is 0 Å². The Morgan fingerprint density at radius 1 is 1.39 bits per heavy atom. The molecular weight excluding hydrogens is 224 g/mol. The van der Waals surface area contributed by atoms with Gasteiger partial charge in [0.05, 0.1) is 6.10 Å². The first-order chi connectivity index (χ1) is 8.79. The molecule has 3 heteroatoms. The van der Waals surface area contributed by atoms with E-state index >= 15 is 0 Å². The molecule has 2 rings (SSSR count). The van der Waals surface area contributed by atoms with Gasteiger partial charge in [0, 0.05) is 32.3 Å². The molecule has 2 aliphatic rings. The molecule has 3 atom stereocenters. The van der Waals surface area contributed by atoms with E-state index in [1.165, 1.54) is 45.2 Å². The molecule has 0 aromatic heterocycles. The number of likely N-dealkylation sites (tertiary alicyclic amines) is 1. The van der Waals surface area contributed by atoms with Crippen LogP contribution in [0.25, 0.3) is 0 Å². The summed E-state index contributed by atoms with van der Waals surface area (Å²) in [6.07, 6.45) is 7.11. The van der Waals surface area contributed by atoms with E-state index in [0.717, 1.165) is 25.6 Å². The molecule has 3 nitrogen and oxygen atoms in total. The van der Waals surface area contributed by atoms with Gasteiger partial charge in [-0.25, -0.2) is 0 Å². The molecule has 0 saturated carbocycles. The lowest BCUT2D eigenvalue weighted by Crippen LogP contribution is -2.41. The first kappa shape index (κ1) is 14.3. The largest absolute Gasteiger partial charge is 0.377 e. The van der Waals surface area contributed by atoms with Crippen molar-refractivity contribution in [2.45, 2.75) is 58.1 Å². The Balaban J connectivity index is 1.58. The SMILES string of the molecule is CCCC1CCN(C(C)CNCC2CCCO2)C1. The average molecular weight is 254 g/mol. The highest BCUT2D eigenvalue weighted by molar-refractivity contribution is 4.80. The van der Waals surface area contributed by atoms with Crippen molar-refractivity contribution in [2.75, 3.05) is 32.8 Å². The Kier molecular flexibility index (Phi) is 5.93. The summed E-state index contributed by atoms with van der Waals surface area (Å²) in [4.78, 5) is 2.66. The van der Waals surface area contributed by atoms with Crippen molar-refractivity contribution in [3.8, 4) is 0 Å². The zero-order chi connectivity index (χ0) is 12.8. The van der Waals surface area contributed by atoms with Crippen LogP contribution in [-0.2, 0) is 4.74 Å². The molecule has 0 bridgehead atoms. The smallest absolute Gasteiger partial charge is 0.0700 e. The van der Waals surface area contributed by atoms with Crippen LogP contribution in [0.5, 0.6) is 0 Å². The Labute approximate surface area is 112 Å². The minimum atomic E-state index is 0.476. The third-order valence-electron chi connectivity index (χ3n) is 4.47. The highest BCUT2D eigenvalue weighted by atomic mass is 16.5. The van der Waals surface area contributed by atoms with Crippen LogP contribution in [0.15, 0.2) is 0 Å². The maximum Gasteiger partial charge on any atom is 0.0700 e. The molecule has 3 unspecified atom stereocenters. The third kappa shape index (κ3) is 4.22. The zero-order valence-electron chi connectivity index (χ0n) is 12.2. The molecule has 0 radical (unpaired) electrons. The van der Waals surface area contributed by atoms with Gasteiger partial charge in [-0.3, -0.25) is 4.90 Å². The second-order valence-electron chi connectivity index (χ2n) is 6.08. The predicted octanol–water partition coefficient (Wildman–Crippen LogP) is 2.27. The summed E-state index contributed by atoms with van der Waals surface area (Å²) >= 11 is 0. The zero-order valence-corrected chi connectivity index (χ0v) is 12.2. The minimum absolute atomic E-state index is 0.476. The van der Waals surface area contributed by atoms with Gasteiger partial charge < -0.3 is 10.1 Å². The van der Waals surface area contributed by atoms with Gasteiger partial charge in [-0.15, -0.1) is 0 Å². The Hall–Kier alpha value is -0.120. The van der Waals surface area contributed by atoms with E-state index in [1.807, 2.05) is 0 Å². The molecule has 0 aromatic carbocycles. The molecule has 2 heterocycles. The number of rotatable bonds is 7. The van der Waals surface area contributed by atoms with E-state index in [9.17, 15) is 0 Å². The second-order valence-corrected chi connectivity index (χ2v) is 6.08. The number of hydrogen-bond donors (Lipinski definition) is 1. The second kappa shape index (κ2) is 7.46. The average Bonchev–Trinajstić information content (AvgIpc) is 3.00. The van der Waals surface area contributed by atoms with E-state index in [-0.39, 0.29) is 0 Å². The van der Waals surface area contributed by atoms with Gasteiger partial charge in [0.1, 0.15) is 0 Å². The molecule has 2 aliphatic heterocycles. The maximum absolute atomic E-state index is 5.63. The van der Waals surface area contributed by atoms with Crippen LogP contribution in [0.2, 0.25) is 0 Å². The molecule has 2 saturated heterocycles. The molecule has 0 aromatic rings. The quantitative estimate of drug-likeness (QED) is 0.754. The molecule has 1 N–H and O–H groups in total. The fourth-order valence-corrected chi connectivity index (χ4v) is 3.29.